The van der Waals surface area contributed by atoms with Gasteiger partial charge in [-0.3, -0.25) is 9.59 Å². The van der Waals surface area contributed by atoms with Gasteiger partial charge in [0.2, 0.25) is 0 Å². The monoisotopic (exact) mass is 352 g/mol. The van der Waals surface area contributed by atoms with Crippen molar-refractivity contribution in [2.24, 2.45) is 5.41 Å². The van der Waals surface area contributed by atoms with Crippen molar-refractivity contribution in [1.29, 1.82) is 0 Å². The number of benzene rings is 1. The van der Waals surface area contributed by atoms with E-state index in [-0.39, 0.29) is 11.4 Å². The van der Waals surface area contributed by atoms with E-state index in [1.165, 1.54) is 5.56 Å². The standard InChI is InChI=1S/C21H24N2O3/c24-18(23-21-10-7-20(8-11-21,9-12-21)19(25)26)17-16(13-5-6-13)14-3-1-2-4-15(14)22-17/h1-4,13,22H,5-12H2,(H,23,24)(H,25,26). The smallest absolute Gasteiger partial charge is 0.309 e. The number of aliphatic carboxylic acids is 1. The fourth-order valence-electron chi connectivity index (χ4n) is 5.14. The number of amides is 1. The number of nitrogens with one attached hydrogen (secondary N) is 2. The summed E-state index contributed by atoms with van der Waals surface area (Å²) >= 11 is 0. The first-order valence-electron chi connectivity index (χ1n) is 9.69. The van der Waals surface area contributed by atoms with Crippen molar-refractivity contribution in [1.82, 2.24) is 10.3 Å². The van der Waals surface area contributed by atoms with Gasteiger partial charge in [-0.1, -0.05) is 18.2 Å². The van der Waals surface area contributed by atoms with E-state index < -0.39 is 11.4 Å². The SMILES string of the molecule is O=C(NC12CCC(C(=O)O)(CC1)CC2)c1[nH]c2ccccc2c1C1CC1. The van der Waals surface area contributed by atoms with Crippen LogP contribution < -0.4 is 5.32 Å². The Morgan fingerprint density at radius 2 is 1.69 bits per heavy atom. The van der Waals surface area contributed by atoms with Crippen LogP contribution in [0.1, 0.15) is 73.3 Å². The van der Waals surface area contributed by atoms with Gasteiger partial charge < -0.3 is 15.4 Å². The number of fused-ring (bicyclic) bond motifs is 4. The van der Waals surface area contributed by atoms with Gasteiger partial charge >= 0.3 is 5.97 Å². The maximum atomic E-state index is 13.2. The second-order valence-electron chi connectivity index (χ2n) is 8.55. The molecule has 0 aliphatic heterocycles. The number of aromatic amines is 1. The Bertz CT molecular complexity index is 885. The van der Waals surface area contributed by atoms with Gasteiger partial charge in [-0.15, -0.1) is 0 Å². The van der Waals surface area contributed by atoms with Gasteiger partial charge in [0, 0.05) is 16.4 Å². The van der Waals surface area contributed by atoms with E-state index >= 15 is 0 Å². The summed E-state index contributed by atoms with van der Waals surface area (Å²) in [6.07, 6.45) is 6.61. The summed E-state index contributed by atoms with van der Waals surface area (Å²) < 4.78 is 0. The van der Waals surface area contributed by atoms with Crippen LogP contribution in [0, 0.1) is 5.41 Å². The van der Waals surface area contributed by atoms with Crippen molar-refractivity contribution < 1.29 is 14.7 Å². The van der Waals surface area contributed by atoms with Crippen LogP contribution in [-0.2, 0) is 4.79 Å². The second kappa shape index (κ2) is 5.35. The molecular weight excluding hydrogens is 328 g/mol. The molecule has 0 atom stereocenters. The molecule has 3 N–H and O–H groups in total. The van der Waals surface area contributed by atoms with Crippen molar-refractivity contribution in [2.45, 2.75) is 62.8 Å². The normalized spacial score (nSPS) is 30.5. The number of aromatic nitrogens is 1. The summed E-state index contributed by atoms with van der Waals surface area (Å²) in [7, 11) is 0. The number of carboxylic acids is 1. The fourth-order valence-corrected chi connectivity index (χ4v) is 5.14. The zero-order valence-corrected chi connectivity index (χ0v) is 14.8. The Balaban J connectivity index is 1.43. The molecule has 6 rings (SSSR count). The van der Waals surface area contributed by atoms with Crippen molar-refractivity contribution >= 4 is 22.8 Å². The van der Waals surface area contributed by atoms with E-state index in [4.69, 9.17) is 0 Å². The second-order valence-corrected chi connectivity index (χ2v) is 8.55. The molecule has 136 valence electrons. The quantitative estimate of drug-likeness (QED) is 0.779. The van der Waals surface area contributed by atoms with Gasteiger partial charge in [0.25, 0.3) is 5.91 Å². The van der Waals surface area contributed by atoms with Gasteiger partial charge in [0.05, 0.1) is 5.41 Å². The lowest BCUT2D eigenvalue weighted by Gasteiger charge is -2.51. The molecule has 1 amide bonds. The summed E-state index contributed by atoms with van der Waals surface area (Å²) in [5.41, 5.74) is 2.12. The van der Waals surface area contributed by atoms with Crippen LogP contribution in [0.4, 0.5) is 0 Å². The zero-order chi connectivity index (χ0) is 17.9. The van der Waals surface area contributed by atoms with Crippen LogP contribution in [0.5, 0.6) is 0 Å². The van der Waals surface area contributed by atoms with Crippen LogP contribution in [0.2, 0.25) is 0 Å². The molecule has 0 spiro atoms. The number of hydrogen-bond donors (Lipinski definition) is 3. The molecule has 1 heterocycles. The molecule has 5 nitrogen and oxygen atoms in total. The Kier molecular flexibility index (Phi) is 3.27. The Hall–Kier alpha value is -2.30. The Morgan fingerprint density at radius 1 is 1.04 bits per heavy atom. The van der Waals surface area contributed by atoms with Crippen molar-refractivity contribution in [3.63, 3.8) is 0 Å². The average Bonchev–Trinajstić information content (AvgIpc) is 3.42. The molecule has 1 aromatic carbocycles. The summed E-state index contributed by atoms with van der Waals surface area (Å²) in [5.74, 6) is -0.196. The highest BCUT2D eigenvalue weighted by molar-refractivity contribution is 6.02. The zero-order valence-electron chi connectivity index (χ0n) is 14.8. The van der Waals surface area contributed by atoms with Crippen LogP contribution in [0.25, 0.3) is 10.9 Å². The number of H-pyrrole nitrogens is 1. The topological polar surface area (TPSA) is 82.2 Å². The van der Waals surface area contributed by atoms with E-state index in [9.17, 15) is 14.7 Å². The molecule has 2 bridgehead atoms. The van der Waals surface area contributed by atoms with Crippen LogP contribution in [0.15, 0.2) is 24.3 Å². The molecule has 4 aliphatic carbocycles. The summed E-state index contributed by atoms with van der Waals surface area (Å²) in [6, 6.07) is 8.13. The van der Waals surface area contributed by atoms with E-state index in [1.54, 1.807) is 0 Å². The molecule has 0 unspecified atom stereocenters. The van der Waals surface area contributed by atoms with Crippen LogP contribution in [-0.4, -0.2) is 27.5 Å². The van der Waals surface area contributed by atoms with Gasteiger partial charge in [0.15, 0.2) is 0 Å². The lowest BCUT2D eigenvalue weighted by atomic mass is 9.57. The van der Waals surface area contributed by atoms with Crippen molar-refractivity contribution in [3.05, 3.63) is 35.5 Å². The molecule has 0 radical (unpaired) electrons. The molecule has 1 aromatic heterocycles. The summed E-state index contributed by atoms with van der Waals surface area (Å²) in [5, 5.41) is 14.0. The number of para-hydroxylation sites is 1. The first-order valence-corrected chi connectivity index (χ1v) is 9.69. The van der Waals surface area contributed by atoms with E-state index in [2.05, 4.69) is 16.4 Å². The van der Waals surface area contributed by atoms with Gasteiger partial charge in [-0.25, -0.2) is 0 Å². The van der Waals surface area contributed by atoms with Gasteiger partial charge in [-0.05, 0) is 68.9 Å². The van der Waals surface area contributed by atoms with E-state index in [1.807, 2.05) is 18.2 Å². The highest BCUT2D eigenvalue weighted by atomic mass is 16.4. The largest absolute Gasteiger partial charge is 0.481 e. The molecule has 4 aliphatic rings. The lowest BCUT2D eigenvalue weighted by molar-refractivity contribution is -0.156. The minimum atomic E-state index is -0.663. The van der Waals surface area contributed by atoms with E-state index in [0.717, 1.165) is 43.0 Å². The highest BCUT2D eigenvalue weighted by Gasteiger charge is 2.53. The third-order valence-electron chi connectivity index (χ3n) is 7.04. The van der Waals surface area contributed by atoms with Crippen molar-refractivity contribution in [2.75, 3.05) is 0 Å². The molecular formula is C21H24N2O3. The summed E-state index contributed by atoms with van der Waals surface area (Å²) in [4.78, 5) is 28.1. The van der Waals surface area contributed by atoms with Gasteiger partial charge in [0.1, 0.15) is 5.69 Å². The molecule has 4 saturated carbocycles. The minimum absolute atomic E-state index is 0.0205. The van der Waals surface area contributed by atoms with E-state index in [0.29, 0.717) is 30.9 Å². The van der Waals surface area contributed by atoms with Gasteiger partial charge in [-0.2, -0.15) is 0 Å². The summed E-state index contributed by atoms with van der Waals surface area (Å²) in [6.45, 7) is 0. The number of carbonyl (C=O) groups excluding carboxylic acids is 1. The predicted molar refractivity (Wildman–Crippen MR) is 98.2 cm³/mol. The number of hydrogen-bond acceptors (Lipinski definition) is 2. The average molecular weight is 352 g/mol. The maximum absolute atomic E-state index is 13.2. The Labute approximate surface area is 152 Å². The maximum Gasteiger partial charge on any atom is 0.309 e. The molecule has 2 aromatic rings. The molecule has 26 heavy (non-hydrogen) atoms. The fraction of sp³-hybridized carbons (Fsp3) is 0.524. The first-order chi connectivity index (χ1) is 12.5. The number of rotatable bonds is 4. The third-order valence-corrected chi connectivity index (χ3v) is 7.04. The number of carboxylic acid groups (broad SMARTS) is 1. The van der Waals surface area contributed by atoms with Crippen LogP contribution in [0.3, 0.4) is 0 Å². The lowest BCUT2D eigenvalue weighted by Crippen LogP contribution is -2.58. The third kappa shape index (κ3) is 2.29. The van der Waals surface area contributed by atoms with Crippen molar-refractivity contribution in [3.8, 4) is 0 Å². The molecule has 4 fully saturated rings. The predicted octanol–water partition coefficient (Wildman–Crippen LogP) is 3.95. The Morgan fingerprint density at radius 3 is 2.31 bits per heavy atom. The molecule has 5 heteroatoms. The van der Waals surface area contributed by atoms with Crippen LogP contribution >= 0.6 is 0 Å². The highest BCUT2D eigenvalue weighted by Crippen LogP contribution is 2.52. The molecule has 0 saturated heterocycles. The minimum Gasteiger partial charge on any atom is -0.481 e. The first kappa shape index (κ1) is 15.9. The number of carbonyl (C=O) groups is 2.